The number of fused-ring (bicyclic) bond motifs is 1. The number of methoxy groups -OCH3 is 1. The summed E-state index contributed by atoms with van der Waals surface area (Å²) in [4.78, 5) is 0. The molecule has 0 N–H and O–H groups in total. The van der Waals surface area contributed by atoms with Crippen molar-refractivity contribution in [2.75, 3.05) is 7.11 Å². The molecule has 2 heteroatoms. The molecule has 0 fully saturated rings. The fraction of sp³-hybridized carbons (Fsp3) is 0.455. The van der Waals surface area contributed by atoms with E-state index in [1.165, 1.54) is 30.4 Å². The Morgan fingerprint density at radius 2 is 2.00 bits per heavy atom. The molecule has 2 rings (SSSR count). The van der Waals surface area contributed by atoms with Gasteiger partial charge in [0.05, 0.1) is 11.6 Å². The number of rotatable bonds is 1. The third kappa shape index (κ3) is 1.60. The maximum Gasteiger partial charge on any atom is 0.136 e. The van der Waals surface area contributed by atoms with Crippen LogP contribution in [0.4, 0.5) is 0 Å². The van der Waals surface area contributed by atoms with Gasteiger partial charge in [0.1, 0.15) is 5.75 Å². The zero-order chi connectivity index (χ0) is 9.26. The van der Waals surface area contributed by atoms with E-state index >= 15 is 0 Å². The van der Waals surface area contributed by atoms with Gasteiger partial charge in [-0.15, -0.1) is 0 Å². The molecule has 13 heavy (non-hydrogen) atoms. The minimum atomic E-state index is 1.04. The standard InChI is InChI=1S/C11H13BrO/c1-13-11-9-5-3-2-4-8(9)6-7-10(11)12/h6-7H,2-5H2,1H3. The summed E-state index contributed by atoms with van der Waals surface area (Å²) in [5, 5.41) is 0. The molecule has 0 aliphatic heterocycles. The van der Waals surface area contributed by atoms with Gasteiger partial charge < -0.3 is 4.74 Å². The zero-order valence-electron chi connectivity index (χ0n) is 7.77. The summed E-state index contributed by atoms with van der Waals surface area (Å²) in [5.41, 5.74) is 2.87. The van der Waals surface area contributed by atoms with Gasteiger partial charge >= 0.3 is 0 Å². The summed E-state index contributed by atoms with van der Waals surface area (Å²) in [6.07, 6.45) is 4.98. The third-order valence-corrected chi connectivity index (χ3v) is 3.26. The third-order valence-electron chi connectivity index (χ3n) is 2.64. The fourth-order valence-electron chi connectivity index (χ4n) is 1.99. The van der Waals surface area contributed by atoms with Crippen LogP contribution in [0.2, 0.25) is 0 Å². The molecule has 1 aliphatic carbocycles. The molecule has 0 unspecified atom stereocenters. The van der Waals surface area contributed by atoms with E-state index in [1.807, 2.05) is 0 Å². The van der Waals surface area contributed by atoms with Crippen molar-refractivity contribution < 1.29 is 4.74 Å². The Balaban J connectivity index is 2.52. The molecule has 1 aromatic rings. The monoisotopic (exact) mass is 240 g/mol. The van der Waals surface area contributed by atoms with Gasteiger partial charge in [-0.05, 0) is 58.8 Å². The molecule has 0 amide bonds. The van der Waals surface area contributed by atoms with Crippen LogP contribution < -0.4 is 4.74 Å². The number of hydrogen-bond acceptors (Lipinski definition) is 1. The van der Waals surface area contributed by atoms with E-state index in [9.17, 15) is 0 Å². The molecule has 1 aliphatic rings. The van der Waals surface area contributed by atoms with E-state index in [1.54, 1.807) is 7.11 Å². The molecule has 0 heterocycles. The first-order valence-corrected chi connectivity index (χ1v) is 5.46. The molecule has 1 nitrogen and oxygen atoms in total. The number of halogens is 1. The molecular weight excluding hydrogens is 228 g/mol. The Bertz CT molecular complexity index is 320. The molecule has 0 spiro atoms. The summed E-state index contributed by atoms with van der Waals surface area (Å²) in [6, 6.07) is 4.30. The maximum absolute atomic E-state index is 5.40. The predicted octanol–water partition coefficient (Wildman–Crippen LogP) is 3.34. The lowest BCUT2D eigenvalue weighted by molar-refractivity contribution is 0.403. The Kier molecular flexibility index (Phi) is 2.58. The molecule has 0 atom stereocenters. The Labute approximate surface area is 87.2 Å². The molecule has 70 valence electrons. The van der Waals surface area contributed by atoms with Gasteiger partial charge in [0, 0.05) is 0 Å². The van der Waals surface area contributed by atoms with Gasteiger partial charge in [0.15, 0.2) is 0 Å². The van der Waals surface area contributed by atoms with Crippen molar-refractivity contribution in [3.8, 4) is 5.75 Å². The molecule has 0 radical (unpaired) electrons. The number of aryl methyl sites for hydroxylation is 1. The first-order chi connectivity index (χ1) is 6.33. The second-order valence-electron chi connectivity index (χ2n) is 3.43. The van der Waals surface area contributed by atoms with E-state index in [2.05, 4.69) is 28.1 Å². The predicted molar refractivity (Wildman–Crippen MR) is 57.3 cm³/mol. The van der Waals surface area contributed by atoms with Crippen LogP contribution in [0.15, 0.2) is 16.6 Å². The molecule has 0 saturated heterocycles. The van der Waals surface area contributed by atoms with Crippen molar-refractivity contribution in [2.24, 2.45) is 0 Å². The molecule has 0 saturated carbocycles. The second-order valence-corrected chi connectivity index (χ2v) is 4.28. The van der Waals surface area contributed by atoms with Crippen LogP contribution in [0, 0.1) is 0 Å². The number of benzene rings is 1. The van der Waals surface area contributed by atoms with Crippen molar-refractivity contribution in [1.82, 2.24) is 0 Å². The summed E-state index contributed by atoms with van der Waals surface area (Å²) < 4.78 is 6.48. The summed E-state index contributed by atoms with van der Waals surface area (Å²) >= 11 is 3.51. The van der Waals surface area contributed by atoms with Crippen LogP contribution in [0.3, 0.4) is 0 Å². The molecule has 0 bridgehead atoms. The van der Waals surface area contributed by atoms with Crippen molar-refractivity contribution in [2.45, 2.75) is 25.7 Å². The molecule has 0 aromatic heterocycles. The minimum absolute atomic E-state index is 1.04. The van der Waals surface area contributed by atoms with Crippen LogP contribution in [0.25, 0.3) is 0 Å². The lowest BCUT2D eigenvalue weighted by Crippen LogP contribution is -2.05. The average Bonchev–Trinajstić information content (AvgIpc) is 2.18. The Morgan fingerprint density at radius 1 is 1.23 bits per heavy atom. The molecular formula is C11H13BrO. The van der Waals surface area contributed by atoms with Gasteiger partial charge in [-0.1, -0.05) is 6.07 Å². The van der Waals surface area contributed by atoms with Gasteiger partial charge in [0.25, 0.3) is 0 Å². The summed E-state index contributed by atoms with van der Waals surface area (Å²) in [5.74, 6) is 1.04. The van der Waals surface area contributed by atoms with Gasteiger partial charge in [-0.25, -0.2) is 0 Å². The second kappa shape index (κ2) is 3.70. The van der Waals surface area contributed by atoms with E-state index in [4.69, 9.17) is 4.74 Å². The van der Waals surface area contributed by atoms with Crippen molar-refractivity contribution in [3.05, 3.63) is 27.7 Å². The average molecular weight is 241 g/mol. The Hall–Kier alpha value is -0.500. The van der Waals surface area contributed by atoms with Crippen molar-refractivity contribution in [3.63, 3.8) is 0 Å². The maximum atomic E-state index is 5.40. The van der Waals surface area contributed by atoms with Crippen LogP contribution in [0.5, 0.6) is 5.75 Å². The van der Waals surface area contributed by atoms with Crippen molar-refractivity contribution in [1.29, 1.82) is 0 Å². The van der Waals surface area contributed by atoms with Crippen LogP contribution in [-0.2, 0) is 12.8 Å². The van der Waals surface area contributed by atoms with Crippen LogP contribution in [0.1, 0.15) is 24.0 Å². The van der Waals surface area contributed by atoms with Gasteiger partial charge in [-0.3, -0.25) is 0 Å². The van der Waals surface area contributed by atoms with Crippen LogP contribution in [-0.4, -0.2) is 7.11 Å². The minimum Gasteiger partial charge on any atom is -0.495 e. The summed E-state index contributed by atoms with van der Waals surface area (Å²) in [7, 11) is 1.75. The van der Waals surface area contributed by atoms with Gasteiger partial charge in [-0.2, -0.15) is 0 Å². The highest BCUT2D eigenvalue weighted by atomic mass is 79.9. The first kappa shape index (κ1) is 9.07. The lowest BCUT2D eigenvalue weighted by atomic mass is 9.91. The highest BCUT2D eigenvalue weighted by molar-refractivity contribution is 9.10. The topological polar surface area (TPSA) is 9.23 Å². The SMILES string of the molecule is COc1c(Br)ccc2c1CCCC2. The van der Waals surface area contributed by atoms with Gasteiger partial charge in [0.2, 0.25) is 0 Å². The Morgan fingerprint density at radius 3 is 2.77 bits per heavy atom. The van der Waals surface area contributed by atoms with E-state index < -0.39 is 0 Å². The van der Waals surface area contributed by atoms with Crippen molar-refractivity contribution >= 4 is 15.9 Å². The quantitative estimate of drug-likeness (QED) is 0.732. The fourth-order valence-corrected chi connectivity index (χ4v) is 2.52. The summed E-state index contributed by atoms with van der Waals surface area (Å²) in [6.45, 7) is 0. The first-order valence-electron chi connectivity index (χ1n) is 4.67. The normalized spacial score (nSPS) is 15.2. The zero-order valence-corrected chi connectivity index (χ0v) is 9.36. The highest BCUT2D eigenvalue weighted by Crippen LogP contribution is 2.35. The highest BCUT2D eigenvalue weighted by Gasteiger charge is 2.15. The van der Waals surface area contributed by atoms with E-state index in [0.717, 1.165) is 16.6 Å². The number of ether oxygens (including phenoxy) is 1. The molecule has 1 aromatic carbocycles. The number of hydrogen-bond donors (Lipinski definition) is 0. The lowest BCUT2D eigenvalue weighted by Gasteiger charge is -2.19. The van der Waals surface area contributed by atoms with E-state index in [0.29, 0.717) is 0 Å². The van der Waals surface area contributed by atoms with E-state index in [-0.39, 0.29) is 0 Å². The van der Waals surface area contributed by atoms with Crippen LogP contribution >= 0.6 is 15.9 Å². The smallest absolute Gasteiger partial charge is 0.136 e. The largest absolute Gasteiger partial charge is 0.495 e.